The Labute approximate surface area is 116 Å². The number of rotatable bonds is 5. The maximum Gasteiger partial charge on any atom is 0.214 e. The zero-order valence-electron chi connectivity index (χ0n) is 12.2. The van der Waals surface area contributed by atoms with Gasteiger partial charge in [0.05, 0.1) is 12.4 Å². The molecule has 112 valence electrons. The maximum atomic E-state index is 12.5. The lowest BCUT2D eigenvalue weighted by atomic mass is 9.66. The van der Waals surface area contributed by atoms with Crippen LogP contribution in [0.3, 0.4) is 0 Å². The highest BCUT2D eigenvalue weighted by atomic mass is 32.2. The molecule has 6 heteroatoms. The van der Waals surface area contributed by atoms with E-state index in [1.165, 1.54) is 6.42 Å². The maximum absolute atomic E-state index is 12.5. The van der Waals surface area contributed by atoms with E-state index in [1.54, 1.807) is 11.4 Å². The summed E-state index contributed by atoms with van der Waals surface area (Å²) >= 11 is 0. The van der Waals surface area contributed by atoms with Gasteiger partial charge in [0.15, 0.2) is 0 Å². The Kier molecular flexibility index (Phi) is 3.99. The number of sulfonamides is 1. The van der Waals surface area contributed by atoms with Crippen molar-refractivity contribution in [1.29, 1.82) is 0 Å². The molecular formula is C13H26N2O3S. The molecule has 5 nitrogen and oxygen atoms in total. The molecule has 2 rings (SSSR count). The third kappa shape index (κ3) is 2.96. The van der Waals surface area contributed by atoms with E-state index in [4.69, 9.17) is 10.5 Å². The normalized spacial score (nSPS) is 27.7. The van der Waals surface area contributed by atoms with Gasteiger partial charge in [-0.25, -0.2) is 8.42 Å². The summed E-state index contributed by atoms with van der Waals surface area (Å²) in [4.78, 5) is 0. The summed E-state index contributed by atoms with van der Waals surface area (Å²) in [6.45, 7) is 5.37. The third-order valence-electron chi connectivity index (χ3n) is 4.53. The van der Waals surface area contributed by atoms with Crippen molar-refractivity contribution in [3.05, 3.63) is 0 Å². The standard InChI is InChI=1S/C13H26N2O3S/c1-12(2,9-18-3)10-19(16,17)15-7-11(14)13(8-15)5-4-6-13/h11H,4-10,14H2,1-3H3. The van der Waals surface area contributed by atoms with Crippen LogP contribution in [-0.4, -0.2) is 51.3 Å². The molecule has 1 unspecified atom stereocenters. The molecule has 1 aliphatic heterocycles. The SMILES string of the molecule is COCC(C)(C)CS(=O)(=O)N1CC(N)C2(CCC2)C1. The van der Waals surface area contributed by atoms with Crippen LogP contribution in [0, 0.1) is 10.8 Å². The Morgan fingerprint density at radius 1 is 1.42 bits per heavy atom. The first-order valence-electron chi connectivity index (χ1n) is 6.93. The number of methoxy groups -OCH3 is 1. The zero-order valence-corrected chi connectivity index (χ0v) is 13.0. The quantitative estimate of drug-likeness (QED) is 0.813. The second-order valence-electron chi connectivity index (χ2n) is 6.97. The Balaban J connectivity index is 2.05. The van der Waals surface area contributed by atoms with Gasteiger partial charge in [0.25, 0.3) is 0 Å². The molecule has 2 fully saturated rings. The van der Waals surface area contributed by atoms with Crippen molar-refractivity contribution in [2.24, 2.45) is 16.6 Å². The number of nitrogens with two attached hydrogens (primary N) is 1. The molecule has 19 heavy (non-hydrogen) atoms. The van der Waals surface area contributed by atoms with E-state index in [2.05, 4.69) is 0 Å². The highest BCUT2D eigenvalue weighted by Gasteiger charge is 2.51. The lowest BCUT2D eigenvalue weighted by molar-refractivity contribution is 0.116. The molecule has 1 heterocycles. The van der Waals surface area contributed by atoms with Crippen LogP contribution >= 0.6 is 0 Å². The molecule has 2 N–H and O–H groups in total. The van der Waals surface area contributed by atoms with Gasteiger partial charge in [-0.05, 0) is 12.8 Å². The molecule has 0 bridgehead atoms. The number of nitrogens with zero attached hydrogens (tertiary/aromatic N) is 1. The van der Waals surface area contributed by atoms with E-state index in [1.807, 2.05) is 13.8 Å². The number of hydrogen-bond donors (Lipinski definition) is 1. The van der Waals surface area contributed by atoms with Crippen LogP contribution in [0.2, 0.25) is 0 Å². The first-order chi connectivity index (χ1) is 8.71. The van der Waals surface area contributed by atoms with Gasteiger partial charge in [-0.1, -0.05) is 20.3 Å². The molecule has 0 radical (unpaired) electrons. The molecule has 0 amide bonds. The summed E-state index contributed by atoms with van der Waals surface area (Å²) in [5.74, 6) is 0.122. The first kappa shape index (κ1) is 15.2. The lowest BCUT2D eigenvalue weighted by Crippen LogP contribution is -2.45. The van der Waals surface area contributed by atoms with E-state index in [0.29, 0.717) is 19.7 Å². The number of ether oxygens (including phenoxy) is 1. The van der Waals surface area contributed by atoms with Gasteiger partial charge in [-0.3, -0.25) is 0 Å². The molecule has 0 aromatic rings. The minimum absolute atomic E-state index is 0.00145. The molecule has 0 aromatic carbocycles. The molecular weight excluding hydrogens is 264 g/mol. The van der Waals surface area contributed by atoms with Crippen LogP contribution in [0.25, 0.3) is 0 Å². The van der Waals surface area contributed by atoms with Crippen LogP contribution in [0.15, 0.2) is 0 Å². The molecule has 1 saturated carbocycles. The fourth-order valence-electron chi connectivity index (χ4n) is 3.34. The van der Waals surface area contributed by atoms with E-state index in [-0.39, 0.29) is 22.6 Å². The molecule has 1 aliphatic carbocycles. The average Bonchev–Trinajstić information content (AvgIpc) is 2.54. The summed E-state index contributed by atoms with van der Waals surface area (Å²) in [5.41, 5.74) is 5.85. The second-order valence-corrected chi connectivity index (χ2v) is 8.94. The lowest BCUT2D eigenvalue weighted by Gasteiger charge is -2.41. The molecule has 0 aromatic heterocycles. The molecule has 1 spiro atoms. The topological polar surface area (TPSA) is 72.6 Å². The minimum Gasteiger partial charge on any atom is -0.384 e. The van der Waals surface area contributed by atoms with Crippen molar-refractivity contribution in [2.45, 2.75) is 39.2 Å². The fourth-order valence-corrected chi connectivity index (χ4v) is 5.43. The van der Waals surface area contributed by atoms with Crippen LogP contribution in [0.1, 0.15) is 33.1 Å². The van der Waals surface area contributed by atoms with Crippen molar-refractivity contribution in [2.75, 3.05) is 32.6 Å². The average molecular weight is 290 g/mol. The Bertz CT molecular complexity index is 429. The van der Waals surface area contributed by atoms with Gasteiger partial charge in [-0.15, -0.1) is 0 Å². The summed E-state index contributed by atoms with van der Waals surface area (Å²) < 4.78 is 31.7. The van der Waals surface area contributed by atoms with Crippen molar-refractivity contribution < 1.29 is 13.2 Å². The van der Waals surface area contributed by atoms with Gasteiger partial charge in [0.1, 0.15) is 0 Å². The van der Waals surface area contributed by atoms with Gasteiger partial charge < -0.3 is 10.5 Å². The van der Waals surface area contributed by atoms with Crippen LogP contribution in [-0.2, 0) is 14.8 Å². The smallest absolute Gasteiger partial charge is 0.214 e. The van der Waals surface area contributed by atoms with Gasteiger partial charge >= 0.3 is 0 Å². The summed E-state index contributed by atoms with van der Waals surface area (Å²) in [6.07, 6.45) is 3.32. The van der Waals surface area contributed by atoms with Crippen molar-refractivity contribution in [3.8, 4) is 0 Å². The molecule has 1 atom stereocenters. The van der Waals surface area contributed by atoms with Crippen LogP contribution in [0.5, 0.6) is 0 Å². The fraction of sp³-hybridized carbons (Fsp3) is 1.00. The predicted molar refractivity (Wildman–Crippen MR) is 75.3 cm³/mol. The summed E-state index contributed by atoms with van der Waals surface area (Å²) in [6, 6.07) is 0.00145. The zero-order chi connectivity index (χ0) is 14.3. The first-order valence-corrected chi connectivity index (χ1v) is 8.54. The van der Waals surface area contributed by atoms with Crippen molar-refractivity contribution in [1.82, 2.24) is 4.31 Å². The van der Waals surface area contributed by atoms with Gasteiger partial charge in [-0.2, -0.15) is 4.31 Å². The summed E-state index contributed by atoms with van der Waals surface area (Å²) in [7, 11) is -1.65. The highest BCUT2D eigenvalue weighted by molar-refractivity contribution is 7.89. The van der Waals surface area contributed by atoms with E-state index < -0.39 is 10.0 Å². The van der Waals surface area contributed by atoms with Gasteiger partial charge in [0, 0.05) is 37.1 Å². The third-order valence-corrected chi connectivity index (χ3v) is 6.74. The monoisotopic (exact) mass is 290 g/mol. The van der Waals surface area contributed by atoms with Crippen molar-refractivity contribution >= 4 is 10.0 Å². The van der Waals surface area contributed by atoms with Gasteiger partial charge in [0.2, 0.25) is 10.0 Å². The van der Waals surface area contributed by atoms with Crippen LogP contribution < -0.4 is 5.73 Å². The minimum atomic E-state index is -3.25. The van der Waals surface area contributed by atoms with Crippen LogP contribution in [0.4, 0.5) is 0 Å². The predicted octanol–water partition coefficient (Wildman–Crippen LogP) is 0.802. The molecule has 1 saturated heterocycles. The van der Waals surface area contributed by atoms with E-state index in [0.717, 1.165) is 12.8 Å². The Morgan fingerprint density at radius 2 is 2.05 bits per heavy atom. The Hall–Kier alpha value is -0.170. The summed E-state index contributed by atoms with van der Waals surface area (Å²) in [5, 5.41) is 0. The second kappa shape index (κ2) is 4.98. The molecule has 2 aliphatic rings. The van der Waals surface area contributed by atoms with E-state index >= 15 is 0 Å². The Morgan fingerprint density at radius 3 is 2.47 bits per heavy atom. The van der Waals surface area contributed by atoms with Crippen molar-refractivity contribution in [3.63, 3.8) is 0 Å². The van der Waals surface area contributed by atoms with E-state index in [9.17, 15) is 8.42 Å². The largest absolute Gasteiger partial charge is 0.384 e. The highest BCUT2D eigenvalue weighted by Crippen LogP contribution is 2.48. The number of hydrogen-bond acceptors (Lipinski definition) is 4.